The minimum atomic E-state index is 0.827. The van der Waals surface area contributed by atoms with E-state index in [9.17, 15) is 0 Å². The average Bonchev–Trinajstić information content (AvgIpc) is 2.15. The summed E-state index contributed by atoms with van der Waals surface area (Å²) in [6.45, 7) is 0. The lowest BCUT2D eigenvalue weighted by Crippen LogP contribution is -1.93. The maximum absolute atomic E-state index is 5.17. The molecule has 0 saturated carbocycles. The van der Waals surface area contributed by atoms with Crippen LogP contribution in [-0.4, -0.2) is 0 Å². The quantitative estimate of drug-likeness (QED) is 0.332. The highest BCUT2D eigenvalue weighted by Gasteiger charge is 1.93. The molecule has 0 bridgehead atoms. The first kappa shape index (κ1) is 9.10. The van der Waals surface area contributed by atoms with Crippen molar-refractivity contribution in [1.82, 2.24) is 0 Å². The maximum atomic E-state index is 5.17. The van der Waals surface area contributed by atoms with Crippen molar-refractivity contribution in [3.05, 3.63) is 29.8 Å². The third-order valence-corrected chi connectivity index (χ3v) is 1.80. The van der Waals surface area contributed by atoms with Gasteiger partial charge in [0.15, 0.2) is 0 Å². The Morgan fingerprint density at radius 1 is 1.33 bits per heavy atom. The van der Waals surface area contributed by atoms with Gasteiger partial charge in [-0.05, 0) is 24.3 Å². The fraction of sp³-hybridized carbons (Fsp3) is 0. The zero-order chi connectivity index (χ0) is 8.81. The Kier molecular flexibility index (Phi) is 3.64. The van der Waals surface area contributed by atoms with E-state index in [2.05, 4.69) is 21.1 Å². The lowest BCUT2D eigenvalue weighted by atomic mass is 10.2. The summed E-state index contributed by atoms with van der Waals surface area (Å²) in [7, 11) is 0. The van der Waals surface area contributed by atoms with E-state index in [1.165, 1.54) is 0 Å². The lowest BCUT2D eigenvalue weighted by molar-refractivity contribution is -0.195. The van der Waals surface area contributed by atoms with E-state index in [4.69, 9.17) is 6.42 Å². The molecule has 0 aliphatic rings. The Morgan fingerprint density at radius 3 is 2.50 bits per heavy atom. The summed E-state index contributed by atoms with van der Waals surface area (Å²) in [6, 6.07) is 7.25. The third kappa shape index (κ3) is 2.57. The van der Waals surface area contributed by atoms with Crippen LogP contribution in [0.2, 0.25) is 0 Å². The van der Waals surface area contributed by atoms with Gasteiger partial charge in [0, 0.05) is 10.5 Å². The number of benzene rings is 1. The van der Waals surface area contributed by atoms with Crippen LogP contribution in [0.5, 0.6) is 0 Å². The van der Waals surface area contributed by atoms with Crippen molar-refractivity contribution in [2.24, 2.45) is 5.90 Å². The van der Waals surface area contributed by atoms with Crippen molar-refractivity contribution >= 4 is 12.0 Å². The van der Waals surface area contributed by atoms with Gasteiger partial charge in [-0.3, -0.25) is 0 Å². The molecule has 0 heterocycles. The Bertz CT molecular complexity index is 278. The number of terminal acetylenes is 1. The Hall–Kier alpha value is -0.990. The van der Waals surface area contributed by atoms with E-state index in [1.54, 1.807) is 0 Å². The summed E-state index contributed by atoms with van der Waals surface area (Å²) >= 11 is 1.02. The molecule has 0 amide bonds. The average molecular weight is 181 g/mol. The molecule has 0 aliphatic carbocycles. The molecule has 0 aliphatic heterocycles. The number of hydrogen-bond acceptors (Lipinski definition) is 4. The minimum Gasteiger partial charge on any atom is -0.182 e. The molecule has 4 heteroatoms. The number of hydrogen-bond donors (Lipinski definition) is 1. The first-order chi connectivity index (χ1) is 5.86. The molecular weight excluding hydrogens is 174 g/mol. The lowest BCUT2D eigenvalue weighted by Gasteiger charge is -1.97. The second-order valence-corrected chi connectivity index (χ2v) is 2.69. The summed E-state index contributed by atoms with van der Waals surface area (Å²) in [5.74, 6) is 7.16. The van der Waals surface area contributed by atoms with E-state index >= 15 is 0 Å². The molecule has 0 fully saturated rings. The van der Waals surface area contributed by atoms with Crippen molar-refractivity contribution in [2.45, 2.75) is 4.90 Å². The van der Waals surface area contributed by atoms with Gasteiger partial charge in [0.1, 0.15) is 0 Å². The van der Waals surface area contributed by atoms with Crippen LogP contribution in [0.15, 0.2) is 29.2 Å². The van der Waals surface area contributed by atoms with E-state index in [0.717, 1.165) is 22.5 Å². The molecule has 0 saturated heterocycles. The number of rotatable bonds is 3. The Morgan fingerprint density at radius 2 is 2.00 bits per heavy atom. The van der Waals surface area contributed by atoms with Crippen LogP contribution < -0.4 is 5.90 Å². The van der Waals surface area contributed by atoms with Gasteiger partial charge in [-0.15, -0.1) is 15.7 Å². The van der Waals surface area contributed by atoms with Gasteiger partial charge in [-0.2, -0.15) is 5.90 Å². The van der Waals surface area contributed by atoms with E-state index in [0.29, 0.717) is 0 Å². The highest BCUT2D eigenvalue weighted by Crippen LogP contribution is 2.18. The van der Waals surface area contributed by atoms with E-state index in [-0.39, 0.29) is 0 Å². The van der Waals surface area contributed by atoms with Crippen LogP contribution >= 0.6 is 12.0 Å². The summed E-state index contributed by atoms with van der Waals surface area (Å²) in [5, 5.41) is 0. The fourth-order valence-electron chi connectivity index (χ4n) is 0.666. The van der Waals surface area contributed by atoms with Crippen LogP contribution in [0, 0.1) is 12.3 Å². The van der Waals surface area contributed by atoms with E-state index < -0.39 is 0 Å². The van der Waals surface area contributed by atoms with Gasteiger partial charge < -0.3 is 0 Å². The summed E-state index contributed by atoms with van der Waals surface area (Å²) in [6.07, 6.45) is 5.17. The summed E-state index contributed by atoms with van der Waals surface area (Å²) in [4.78, 5) is 4.80. The van der Waals surface area contributed by atoms with Gasteiger partial charge in [0.05, 0.1) is 12.0 Å². The smallest absolute Gasteiger partial charge is 0.0702 e. The van der Waals surface area contributed by atoms with Crippen molar-refractivity contribution in [3.8, 4) is 12.3 Å². The van der Waals surface area contributed by atoms with Gasteiger partial charge in [-0.25, -0.2) is 0 Å². The predicted molar refractivity (Wildman–Crippen MR) is 46.6 cm³/mol. The highest BCUT2D eigenvalue weighted by atomic mass is 32.2. The molecule has 1 rings (SSSR count). The van der Waals surface area contributed by atoms with Crippen molar-refractivity contribution in [2.75, 3.05) is 0 Å². The van der Waals surface area contributed by atoms with Gasteiger partial charge >= 0.3 is 0 Å². The van der Waals surface area contributed by atoms with E-state index in [1.807, 2.05) is 24.3 Å². The molecule has 0 atom stereocenters. The van der Waals surface area contributed by atoms with Crippen molar-refractivity contribution in [3.63, 3.8) is 0 Å². The van der Waals surface area contributed by atoms with Crippen molar-refractivity contribution < 1.29 is 9.32 Å². The third-order valence-electron chi connectivity index (χ3n) is 1.19. The monoisotopic (exact) mass is 181 g/mol. The van der Waals surface area contributed by atoms with Crippen LogP contribution in [0.4, 0.5) is 0 Å². The van der Waals surface area contributed by atoms with Crippen LogP contribution in [0.1, 0.15) is 5.56 Å². The van der Waals surface area contributed by atoms with Crippen LogP contribution in [0.25, 0.3) is 0 Å². The zero-order valence-electron chi connectivity index (χ0n) is 6.19. The fourth-order valence-corrected chi connectivity index (χ4v) is 1.03. The van der Waals surface area contributed by atoms with Crippen LogP contribution in [-0.2, 0) is 9.32 Å². The molecule has 0 unspecified atom stereocenters. The molecule has 12 heavy (non-hydrogen) atoms. The molecule has 0 aromatic heterocycles. The Labute approximate surface area is 74.9 Å². The Balaban J connectivity index is 2.60. The zero-order valence-corrected chi connectivity index (χ0v) is 7.01. The first-order valence-corrected chi connectivity index (χ1v) is 3.87. The first-order valence-electron chi connectivity index (χ1n) is 3.13. The summed E-state index contributed by atoms with van der Waals surface area (Å²) in [5.41, 5.74) is 0.827. The van der Waals surface area contributed by atoms with Gasteiger partial charge in [0.2, 0.25) is 0 Å². The standard InChI is InChI=1S/C8H7NO2S/c1-2-7-3-5-8(6-4-7)12-11-10-9/h1,3-6H,9H2. The predicted octanol–water partition coefficient (Wildman–Crippen LogP) is 1.50. The molecule has 1 aromatic carbocycles. The topological polar surface area (TPSA) is 44.5 Å². The van der Waals surface area contributed by atoms with Gasteiger partial charge in [-0.1, -0.05) is 5.92 Å². The normalized spacial score (nSPS) is 9.33. The molecule has 3 nitrogen and oxygen atoms in total. The second kappa shape index (κ2) is 4.80. The molecule has 0 spiro atoms. The van der Waals surface area contributed by atoms with Crippen molar-refractivity contribution in [1.29, 1.82) is 0 Å². The SMILES string of the molecule is C#Cc1ccc(SOON)cc1. The molecule has 1 aromatic rings. The highest BCUT2D eigenvalue weighted by molar-refractivity contribution is 7.94. The molecular formula is C8H7NO2S. The second-order valence-electron chi connectivity index (χ2n) is 1.92. The van der Waals surface area contributed by atoms with Gasteiger partial charge in [0.25, 0.3) is 0 Å². The number of nitrogens with two attached hydrogens (primary N) is 1. The molecule has 0 radical (unpaired) electrons. The maximum Gasteiger partial charge on any atom is 0.0702 e. The summed E-state index contributed by atoms with van der Waals surface area (Å²) < 4.78 is 4.44. The molecule has 2 N–H and O–H groups in total. The largest absolute Gasteiger partial charge is 0.182 e. The van der Waals surface area contributed by atoms with Crippen LogP contribution in [0.3, 0.4) is 0 Å². The minimum absolute atomic E-state index is 0.827. The molecule has 62 valence electrons.